The highest BCUT2D eigenvalue weighted by Gasteiger charge is 2.07. The molecule has 2 rings (SSSR count). The molecule has 80 valence electrons. The number of imidazole rings is 1. The summed E-state index contributed by atoms with van der Waals surface area (Å²) in [5.74, 6) is -0.116. The summed E-state index contributed by atoms with van der Waals surface area (Å²) in [6, 6.07) is 0. The van der Waals surface area contributed by atoms with E-state index in [1.165, 1.54) is 11.3 Å². The molecule has 0 fully saturated rings. The Hall–Kier alpha value is -1.40. The fourth-order valence-electron chi connectivity index (χ4n) is 1.28. The van der Waals surface area contributed by atoms with Gasteiger partial charge in [-0.1, -0.05) is 0 Å². The van der Waals surface area contributed by atoms with Crippen molar-refractivity contribution in [3.63, 3.8) is 0 Å². The number of nitrogens with zero attached hydrogens (tertiary/aromatic N) is 2. The second-order valence-electron chi connectivity index (χ2n) is 3.08. The van der Waals surface area contributed by atoms with Crippen molar-refractivity contribution in [2.45, 2.75) is 6.42 Å². The number of aromatic nitrogens is 2. The topological polar surface area (TPSA) is 66.6 Å². The van der Waals surface area contributed by atoms with Crippen molar-refractivity contribution in [1.82, 2.24) is 14.7 Å². The minimum atomic E-state index is -0.116. The summed E-state index contributed by atoms with van der Waals surface area (Å²) >= 11 is 1.53. The van der Waals surface area contributed by atoms with Crippen molar-refractivity contribution >= 4 is 22.2 Å². The lowest BCUT2D eigenvalue weighted by Crippen LogP contribution is -2.27. The Kier molecular flexibility index (Phi) is 2.98. The van der Waals surface area contributed by atoms with Crippen molar-refractivity contribution in [3.05, 3.63) is 23.5 Å². The molecule has 0 bridgehead atoms. The summed E-state index contributed by atoms with van der Waals surface area (Å²) in [4.78, 5) is 16.5. The molecule has 2 aromatic heterocycles. The second-order valence-corrected chi connectivity index (χ2v) is 3.95. The molecule has 0 aromatic carbocycles. The Labute approximate surface area is 90.4 Å². The van der Waals surface area contributed by atoms with E-state index >= 15 is 0 Å². The first-order chi connectivity index (χ1) is 7.29. The number of nitrogens with one attached hydrogen (secondary N) is 1. The van der Waals surface area contributed by atoms with Crippen LogP contribution in [-0.4, -0.2) is 33.6 Å². The van der Waals surface area contributed by atoms with Gasteiger partial charge in [0.1, 0.15) is 0 Å². The number of hydrogen-bond acceptors (Lipinski definition) is 4. The zero-order valence-electron chi connectivity index (χ0n) is 8.01. The molecule has 15 heavy (non-hydrogen) atoms. The maximum absolute atomic E-state index is 11.3. The van der Waals surface area contributed by atoms with Gasteiger partial charge in [0.2, 0.25) is 5.91 Å². The fraction of sp³-hybridized carbons (Fsp3) is 0.333. The van der Waals surface area contributed by atoms with E-state index in [1.807, 2.05) is 22.2 Å². The number of aliphatic hydroxyl groups excluding tert-OH is 1. The maximum atomic E-state index is 11.3. The molecule has 0 spiro atoms. The molecule has 2 aromatic rings. The van der Waals surface area contributed by atoms with E-state index in [4.69, 9.17) is 5.11 Å². The van der Waals surface area contributed by atoms with Crippen LogP contribution in [-0.2, 0) is 11.2 Å². The number of fused-ring (bicyclic) bond motifs is 1. The molecule has 2 N–H and O–H groups in total. The van der Waals surface area contributed by atoms with Gasteiger partial charge >= 0.3 is 0 Å². The molecule has 0 saturated heterocycles. The Morgan fingerprint density at radius 1 is 1.67 bits per heavy atom. The fourth-order valence-corrected chi connectivity index (χ4v) is 2.00. The van der Waals surface area contributed by atoms with Crippen LogP contribution in [0.5, 0.6) is 0 Å². The number of thiazole rings is 1. The standard InChI is InChI=1S/C9H11N3O2S/c13-3-1-10-8(14)5-7-6-12-2-4-15-9(12)11-7/h2,4,6,13H,1,3,5H2,(H,10,14). The maximum Gasteiger partial charge on any atom is 0.226 e. The zero-order chi connectivity index (χ0) is 10.7. The Morgan fingerprint density at radius 2 is 2.53 bits per heavy atom. The molecule has 0 aliphatic carbocycles. The minimum absolute atomic E-state index is 0.0377. The minimum Gasteiger partial charge on any atom is -0.395 e. The van der Waals surface area contributed by atoms with Crippen LogP contribution in [0, 0.1) is 0 Å². The Morgan fingerprint density at radius 3 is 3.27 bits per heavy atom. The molecule has 0 radical (unpaired) electrons. The lowest BCUT2D eigenvalue weighted by atomic mass is 10.3. The van der Waals surface area contributed by atoms with Gasteiger partial charge < -0.3 is 10.4 Å². The van der Waals surface area contributed by atoms with Gasteiger partial charge in [0.05, 0.1) is 18.7 Å². The first-order valence-corrected chi connectivity index (χ1v) is 5.46. The number of carbonyl (C=O) groups is 1. The van der Waals surface area contributed by atoms with Crippen molar-refractivity contribution in [1.29, 1.82) is 0 Å². The van der Waals surface area contributed by atoms with Gasteiger partial charge in [-0.2, -0.15) is 0 Å². The van der Waals surface area contributed by atoms with E-state index in [2.05, 4.69) is 10.3 Å². The quantitative estimate of drug-likeness (QED) is 0.772. The van der Waals surface area contributed by atoms with Crippen molar-refractivity contribution in [2.75, 3.05) is 13.2 Å². The van der Waals surface area contributed by atoms with Gasteiger partial charge in [0.25, 0.3) is 0 Å². The van der Waals surface area contributed by atoms with Gasteiger partial charge in [-0.3, -0.25) is 9.20 Å². The predicted molar refractivity (Wildman–Crippen MR) is 56.9 cm³/mol. The summed E-state index contributed by atoms with van der Waals surface area (Å²) in [6.07, 6.45) is 4.00. The average Bonchev–Trinajstić information content (AvgIpc) is 2.74. The summed E-state index contributed by atoms with van der Waals surface area (Å²) in [6.45, 7) is 0.255. The third kappa shape index (κ3) is 2.34. The average molecular weight is 225 g/mol. The second kappa shape index (κ2) is 4.41. The van der Waals surface area contributed by atoms with Gasteiger partial charge in [-0.25, -0.2) is 4.98 Å². The Balaban J connectivity index is 2.00. The number of aliphatic hydroxyl groups is 1. The predicted octanol–water partition coefficient (Wildman–Crippen LogP) is 0.0468. The summed E-state index contributed by atoms with van der Waals surface area (Å²) in [5, 5.41) is 13.1. The largest absolute Gasteiger partial charge is 0.395 e. The molecule has 5 nitrogen and oxygen atoms in total. The van der Waals surface area contributed by atoms with Gasteiger partial charge in [-0.05, 0) is 0 Å². The summed E-state index contributed by atoms with van der Waals surface area (Å²) in [5.41, 5.74) is 0.747. The zero-order valence-corrected chi connectivity index (χ0v) is 8.83. The highest BCUT2D eigenvalue weighted by molar-refractivity contribution is 7.15. The van der Waals surface area contributed by atoms with Crippen LogP contribution >= 0.6 is 11.3 Å². The van der Waals surface area contributed by atoms with Crippen LogP contribution < -0.4 is 5.32 Å². The van der Waals surface area contributed by atoms with E-state index < -0.39 is 0 Å². The molecule has 0 unspecified atom stereocenters. The van der Waals surface area contributed by atoms with E-state index in [1.54, 1.807) is 0 Å². The van der Waals surface area contributed by atoms with Gasteiger partial charge in [0.15, 0.2) is 4.96 Å². The lowest BCUT2D eigenvalue weighted by molar-refractivity contribution is -0.120. The van der Waals surface area contributed by atoms with E-state index in [9.17, 15) is 4.79 Å². The number of rotatable bonds is 4. The lowest BCUT2D eigenvalue weighted by Gasteiger charge is -1.99. The molecule has 0 aliphatic rings. The van der Waals surface area contributed by atoms with Crippen LogP contribution in [0.1, 0.15) is 5.69 Å². The SMILES string of the molecule is O=C(Cc1cn2ccsc2n1)NCCO. The van der Waals surface area contributed by atoms with Crippen molar-refractivity contribution in [3.8, 4) is 0 Å². The van der Waals surface area contributed by atoms with Crippen LogP contribution in [0.3, 0.4) is 0 Å². The molecule has 1 amide bonds. The molecule has 6 heteroatoms. The van der Waals surface area contributed by atoms with Gasteiger partial charge in [0, 0.05) is 24.3 Å². The molecule has 0 saturated carbocycles. The molecular formula is C9H11N3O2S. The molecule has 0 aliphatic heterocycles. The highest BCUT2D eigenvalue weighted by atomic mass is 32.1. The highest BCUT2D eigenvalue weighted by Crippen LogP contribution is 2.11. The molecular weight excluding hydrogens is 214 g/mol. The van der Waals surface area contributed by atoms with Crippen LogP contribution in [0.25, 0.3) is 4.96 Å². The third-order valence-corrected chi connectivity index (χ3v) is 2.69. The summed E-state index contributed by atoms with van der Waals surface area (Å²) in [7, 11) is 0. The number of amides is 1. The summed E-state index contributed by atoms with van der Waals surface area (Å²) < 4.78 is 1.89. The van der Waals surface area contributed by atoms with E-state index in [0.717, 1.165) is 10.7 Å². The van der Waals surface area contributed by atoms with E-state index in [0.29, 0.717) is 6.54 Å². The van der Waals surface area contributed by atoms with Crippen molar-refractivity contribution < 1.29 is 9.90 Å². The number of hydrogen-bond donors (Lipinski definition) is 2. The van der Waals surface area contributed by atoms with Crippen molar-refractivity contribution in [2.24, 2.45) is 0 Å². The Bertz CT molecular complexity index is 434. The van der Waals surface area contributed by atoms with Crippen LogP contribution in [0.4, 0.5) is 0 Å². The molecule has 0 atom stereocenters. The van der Waals surface area contributed by atoms with E-state index in [-0.39, 0.29) is 18.9 Å². The van der Waals surface area contributed by atoms with Gasteiger partial charge in [-0.15, -0.1) is 11.3 Å². The molecule has 2 heterocycles. The van der Waals surface area contributed by atoms with Crippen LogP contribution in [0.2, 0.25) is 0 Å². The first-order valence-electron chi connectivity index (χ1n) is 4.58. The smallest absolute Gasteiger partial charge is 0.226 e. The van der Waals surface area contributed by atoms with Crippen LogP contribution in [0.15, 0.2) is 17.8 Å². The number of carbonyl (C=O) groups excluding carboxylic acids is 1. The normalized spacial score (nSPS) is 10.7. The first kappa shape index (κ1) is 10.1. The third-order valence-electron chi connectivity index (χ3n) is 1.92. The monoisotopic (exact) mass is 225 g/mol.